The average molecular weight is 265 g/mol. The van der Waals surface area contributed by atoms with Crippen LogP contribution in [0.5, 0.6) is 0 Å². The van der Waals surface area contributed by atoms with Crippen molar-refractivity contribution in [3.63, 3.8) is 0 Å². The summed E-state index contributed by atoms with van der Waals surface area (Å²) >= 11 is 0. The first-order valence-corrected chi connectivity index (χ1v) is 6.98. The summed E-state index contributed by atoms with van der Waals surface area (Å²) in [5, 5.41) is 0. The van der Waals surface area contributed by atoms with E-state index in [0.717, 1.165) is 17.1 Å². The van der Waals surface area contributed by atoms with E-state index in [-0.39, 0.29) is 0 Å². The number of benzene rings is 1. The second-order valence-corrected chi connectivity index (χ2v) is 5.59. The average Bonchev–Trinajstić information content (AvgIpc) is 3.21. The molecule has 0 spiro atoms. The minimum absolute atomic E-state index is 0.496. The van der Waals surface area contributed by atoms with E-state index in [1.807, 2.05) is 4.57 Å². The van der Waals surface area contributed by atoms with Crippen molar-refractivity contribution >= 4 is 5.82 Å². The quantitative estimate of drug-likeness (QED) is 0.866. The van der Waals surface area contributed by atoms with Gasteiger partial charge in [-0.2, -0.15) is 0 Å². The highest BCUT2D eigenvalue weighted by Gasteiger charge is 2.31. The zero-order chi connectivity index (χ0) is 14.3. The SMILES string of the molecule is C#CCn1c(C2CC2)nc(-c2cc(C)ccc2C)c1N. The van der Waals surface area contributed by atoms with Crippen molar-refractivity contribution in [2.45, 2.75) is 39.2 Å². The first kappa shape index (κ1) is 12.8. The minimum atomic E-state index is 0.496. The maximum Gasteiger partial charge on any atom is 0.132 e. The van der Waals surface area contributed by atoms with Crippen LogP contribution in [0.2, 0.25) is 0 Å². The second kappa shape index (κ2) is 4.72. The third-order valence-electron chi connectivity index (χ3n) is 3.88. The van der Waals surface area contributed by atoms with Gasteiger partial charge in [-0.3, -0.25) is 0 Å². The number of nitrogens with two attached hydrogens (primary N) is 1. The molecule has 1 aromatic carbocycles. The highest BCUT2D eigenvalue weighted by molar-refractivity contribution is 5.74. The van der Waals surface area contributed by atoms with Gasteiger partial charge < -0.3 is 10.3 Å². The fraction of sp³-hybridized carbons (Fsp3) is 0.353. The summed E-state index contributed by atoms with van der Waals surface area (Å²) < 4.78 is 1.99. The number of rotatable bonds is 3. The predicted octanol–water partition coefficient (Wildman–Crippen LogP) is 3.26. The van der Waals surface area contributed by atoms with Gasteiger partial charge in [-0.15, -0.1) is 6.42 Å². The van der Waals surface area contributed by atoms with Gasteiger partial charge in [-0.1, -0.05) is 23.6 Å². The third-order valence-corrected chi connectivity index (χ3v) is 3.88. The van der Waals surface area contributed by atoms with E-state index in [1.165, 1.54) is 24.0 Å². The van der Waals surface area contributed by atoms with Gasteiger partial charge >= 0.3 is 0 Å². The summed E-state index contributed by atoms with van der Waals surface area (Å²) in [6, 6.07) is 6.36. The third kappa shape index (κ3) is 2.08. The van der Waals surface area contributed by atoms with Crippen molar-refractivity contribution in [1.29, 1.82) is 0 Å². The van der Waals surface area contributed by atoms with Crippen molar-refractivity contribution in [3.8, 4) is 23.6 Å². The van der Waals surface area contributed by atoms with Crippen LogP contribution >= 0.6 is 0 Å². The Hall–Kier alpha value is -2.21. The Morgan fingerprint density at radius 3 is 2.80 bits per heavy atom. The Kier molecular flexibility index (Phi) is 3.02. The summed E-state index contributed by atoms with van der Waals surface area (Å²) in [6.07, 6.45) is 7.84. The molecule has 3 heteroatoms. The fourth-order valence-corrected chi connectivity index (χ4v) is 2.58. The van der Waals surface area contributed by atoms with Crippen molar-refractivity contribution in [2.75, 3.05) is 5.73 Å². The van der Waals surface area contributed by atoms with Crippen LogP contribution in [-0.2, 0) is 6.54 Å². The Labute approximate surface area is 119 Å². The topological polar surface area (TPSA) is 43.8 Å². The molecular formula is C17H19N3. The lowest BCUT2D eigenvalue weighted by Gasteiger charge is -2.07. The molecule has 20 heavy (non-hydrogen) atoms. The molecule has 102 valence electrons. The second-order valence-electron chi connectivity index (χ2n) is 5.59. The highest BCUT2D eigenvalue weighted by atomic mass is 15.1. The van der Waals surface area contributed by atoms with Gasteiger partial charge in [-0.05, 0) is 38.3 Å². The zero-order valence-electron chi connectivity index (χ0n) is 12.0. The fourth-order valence-electron chi connectivity index (χ4n) is 2.58. The molecule has 3 rings (SSSR count). The number of aryl methyl sites for hydroxylation is 2. The maximum absolute atomic E-state index is 6.31. The van der Waals surface area contributed by atoms with Crippen LogP contribution in [0.1, 0.15) is 35.7 Å². The molecule has 0 radical (unpaired) electrons. The van der Waals surface area contributed by atoms with Gasteiger partial charge in [0.15, 0.2) is 0 Å². The lowest BCUT2D eigenvalue weighted by Crippen LogP contribution is -2.05. The Balaban J connectivity index is 2.16. The van der Waals surface area contributed by atoms with Crippen LogP contribution in [-0.4, -0.2) is 9.55 Å². The zero-order valence-corrected chi connectivity index (χ0v) is 12.0. The van der Waals surface area contributed by atoms with Crippen LogP contribution in [0, 0.1) is 26.2 Å². The van der Waals surface area contributed by atoms with E-state index >= 15 is 0 Å². The van der Waals surface area contributed by atoms with E-state index in [2.05, 4.69) is 38.0 Å². The number of imidazole rings is 1. The molecule has 0 unspecified atom stereocenters. The standard InChI is InChI=1S/C17H19N3/c1-4-9-20-16(18)15(19-17(20)13-7-8-13)14-10-11(2)5-6-12(14)3/h1,5-6,10,13H,7-9,18H2,2-3H3. The number of aromatic nitrogens is 2. The Bertz CT molecular complexity index is 700. The molecule has 1 aliphatic rings. The maximum atomic E-state index is 6.31. The molecule has 0 amide bonds. The molecule has 1 aliphatic carbocycles. The van der Waals surface area contributed by atoms with Crippen LogP contribution < -0.4 is 5.73 Å². The molecule has 3 nitrogen and oxygen atoms in total. The summed E-state index contributed by atoms with van der Waals surface area (Å²) in [7, 11) is 0. The van der Waals surface area contributed by atoms with E-state index in [4.69, 9.17) is 17.1 Å². The predicted molar refractivity (Wildman–Crippen MR) is 82.4 cm³/mol. The van der Waals surface area contributed by atoms with Gasteiger partial charge in [0.25, 0.3) is 0 Å². The molecule has 2 N–H and O–H groups in total. The number of nitrogens with zero attached hydrogens (tertiary/aromatic N) is 2. The number of anilines is 1. The smallest absolute Gasteiger partial charge is 0.132 e. The minimum Gasteiger partial charge on any atom is -0.383 e. The van der Waals surface area contributed by atoms with Crippen LogP contribution in [0.4, 0.5) is 5.82 Å². The Morgan fingerprint density at radius 2 is 2.15 bits per heavy atom. The van der Waals surface area contributed by atoms with Gasteiger partial charge in [-0.25, -0.2) is 4.98 Å². The summed E-state index contributed by atoms with van der Waals surface area (Å²) in [5.74, 6) is 4.96. The van der Waals surface area contributed by atoms with Gasteiger partial charge in [0, 0.05) is 11.5 Å². The first-order valence-electron chi connectivity index (χ1n) is 6.98. The molecule has 2 aromatic rings. The van der Waals surface area contributed by atoms with Crippen molar-refractivity contribution in [3.05, 3.63) is 35.2 Å². The first-order chi connectivity index (χ1) is 9.61. The number of terminal acetylenes is 1. The van der Waals surface area contributed by atoms with Crippen molar-refractivity contribution < 1.29 is 0 Å². The van der Waals surface area contributed by atoms with Crippen molar-refractivity contribution in [2.24, 2.45) is 0 Å². The van der Waals surface area contributed by atoms with Crippen LogP contribution in [0.3, 0.4) is 0 Å². The van der Waals surface area contributed by atoms with Gasteiger partial charge in [0.1, 0.15) is 17.3 Å². The van der Waals surface area contributed by atoms with E-state index in [9.17, 15) is 0 Å². The molecule has 0 bridgehead atoms. The largest absolute Gasteiger partial charge is 0.383 e. The van der Waals surface area contributed by atoms with Crippen LogP contribution in [0.25, 0.3) is 11.3 Å². The molecule has 1 heterocycles. The number of hydrogen-bond acceptors (Lipinski definition) is 2. The molecule has 1 aromatic heterocycles. The van der Waals surface area contributed by atoms with E-state index < -0.39 is 0 Å². The Morgan fingerprint density at radius 1 is 1.40 bits per heavy atom. The molecule has 0 saturated heterocycles. The van der Waals surface area contributed by atoms with Crippen molar-refractivity contribution in [1.82, 2.24) is 9.55 Å². The molecule has 1 fully saturated rings. The van der Waals surface area contributed by atoms with Gasteiger partial charge in [0.2, 0.25) is 0 Å². The lowest BCUT2D eigenvalue weighted by atomic mass is 10.0. The number of nitrogen functional groups attached to an aromatic ring is 1. The highest BCUT2D eigenvalue weighted by Crippen LogP contribution is 2.42. The van der Waals surface area contributed by atoms with E-state index in [1.54, 1.807) is 0 Å². The lowest BCUT2D eigenvalue weighted by molar-refractivity contribution is 0.762. The normalized spacial score (nSPS) is 14.2. The molecule has 1 saturated carbocycles. The summed E-state index contributed by atoms with van der Waals surface area (Å²) in [5.41, 5.74) is 10.7. The number of hydrogen-bond donors (Lipinski definition) is 1. The van der Waals surface area contributed by atoms with Gasteiger partial charge in [0.05, 0.1) is 6.54 Å². The summed E-state index contributed by atoms with van der Waals surface area (Å²) in [4.78, 5) is 4.80. The molecular weight excluding hydrogens is 246 g/mol. The van der Waals surface area contributed by atoms with E-state index in [0.29, 0.717) is 18.3 Å². The van der Waals surface area contributed by atoms with Crippen LogP contribution in [0.15, 0.2) is 18.2 Å². The summed E-state index contributed by atoms with van der Waals surface area (Å²) in [6.45, 7) is 4.67. The molecule has 0 atom stereocenters. The molecule has 0 aliphatic heterocycles. The monoisotopic (exact) mass is 265 g/mol.